The van der Waals surface area contributed by atoms with Crippen molar-refractivity contribution in [1.82, 2.24) is 4.48 Å². The predicted octanol–water partition coefficient (Wildman–Crippen LogP) is 8.02. The maximum Gasteiger partial charge on any atom is 0.462 e. The van der Waals surface area contributed by atoms with Crippen molar-refractivity contribution in [2.45, 2.75) is 61.7 Å². The van der Waals surface area contributed by atoms with Crippen molar-refractivity contribution in [3.8, 4) is 11.3 Å². The highest BCUT2D eigenvalue weighted by atomic mass is 19.1. The number of nitrogens with zero attached hydrogens (tertiary/aromatic N) is 2. The summed E-state index contributed by atoms with van der Waals surface area (Å²) in [5.74, 6) is 0. The van der Waals surface area contributed by atoms with E-state index in [-0.39, 0.29) is 0 Å². The molecule has 4 rings (SSSR count). The Morgan fingerprint density at radius 2 is 1.50 bits per heavy atom. The minimum Gasteiger partial charge on any atom is -0.355 e. The summed E-state index contributed by atoms with van der Waals surface area (Å²) in [6.07, 6.45) is 3.03. The smallest absolute Gasteiger partial charge is 0.355 e. The number of aromatic nitrogens is 1. The van der Waals surface area contributed by atoms with Gasteiger partial charge in [-0.25, -0.2) is 0 Å². The lowest BCUT2D eigenvalue weighted by molar-refractivity contribution is 0.800. The molecule has 0 amide bonds. The van der Waals surface area contributed by atoms with Crippen LogP contribution in [0.5, 0.6) is 0 Å². The molecule has 0 fully saturated rings. The molecule has 1 aliphatic heterocycles. The van der Waals surface area contributed by atoms with E-state index in [4.69, 9.17) is 4.99 Å². The molecule has 32 heavy (non-hydrogen) atoms. The number of aryl methyl sites for hydroxylation is 4. The van der Waals surface area contributed by atoms with Gasteiger partial charge in [-0.2, -0.15) is 0 Å². The number of aliphatic imine (C=N–C) groups is 1. The van der Waals surface area contributed by atoms with Gasteiger partial charge in [-0.15, -0.1) is 0 Å². The third kappa shape index (κ3) is 3.66. The Morgan fingerprint density at radius 3 is 2.03 bits per heavy atom. The largest absolute Gasteiger partial charge is 0.462 e. The van der Waals surface area contributed by atoms with Crippen LogP contribution in [-0.2, 0) is 0 Å². The second-order valence-corrected chi connectivity index (χ2v) is 9.22. The van der Waals surface area contributed by atoms with Crippen molar-refractivity contribution in [3.05, 3.63) is 75.1 Å². The van der Waals surface area contributed by atoms with Gasteiger partial charge in [0.1, 0.15) is 0 Å². The third-order valence-electron chi connectivity index (χ3n) is 6.71. The summed E-state index contributed by atoms with van der Waals surface area (Å²) in [7, 11) is -1.17. The highest BCUT2D eigenvalue weighted by Gasteiger charge is 2.25. The van der Waals surface area contributed by atoms with Gasteiger partial charge in [-0.05, 0) is 113 Å². The van der Waals surface area contributed by atoms with Gasteiger partial charge in [-0.3, -0.25) is 4.99 Å². The predicted molar refractivity (Wildman–Crippen MR) is 139 cm³/mol. The standard InChI is InChI=1S/C28H32BFN2/c1-9-23-20(6)26(31-21(23)7)15-27-24-13-18(4)19(5)14-25(24)28(32(27)29(8)30)22-11-16(2)10-17(3)12-22/h10-15H,9H2,1-8H3/b26-15-. The van der Waals surface area contributed by atoms with E-state index < -0.39 is 7.12 Å². The Bertz CT molecular complexity index is 1320. The van der Waals surface area contributed by atoms with Crippen LogP contribution < -0.4 is 0 Å². The lowest BCUT2D eigenvalue weighted by atomic mass is 9.89. The van der Waals surface area contributed by atoms with Gasteiger partial charge in [0, 0.05) is 27.9 Å². The Morgan fingerprint density at radius 1 is 0.906 bits per heavy atom. The Balaban J connectivity index is 2.13. The lowest BCUT2D eigenvalue weighted by Gasteiger charge is -2.13. The van der Waals surface area contributed by atoms with Crippen molar-refractivity contribution in [1.29, 1.82) is 0 Å². The fourth-order valence-corrected chi connectivity index (χ4v) is 5.08. The number of rotatable bonds is 4. The molecule has 2 heterocycles. The van der Waals surface area contributed by atoms with Gasteiger partial charge in [0.15, 0.2) is 0 Å². The van der Waals surface area contributed by atoms with Crippen molar-refractivity contribution >= 4 is 29.7 Å². The molecule has 0 atom stereocenters. The van der Waals surface area contributed by atoms with E-state index in [2.05, 4.69) is 84.9 Å². The summed E-state index contributed by atoms with van der Waals surface area (Å²) >= 11 is 0. The average molecular weight is 426 g/mol. The molecule has 0 spiro atoms. The van der Waals surface area contributed by atoms with Crippen LogP contribution in [0.1, 0.15) is 55.1 Å². The van der Waals surface area contributed by atoms with Gasteiger partial charge < -0.3 is 8.79 Å². The summed E-state index contributed by atoms with van der Waals surface area (Å²) in [6.45, 7) is 16.4. The van der Waals surface area contributed by atoms with Crippen LogP contribution in [0.3, 0.4) is 0 Å². The molecule has 0 bridgehead atoms. The van der Waals surface area contributed by atoms with Crippen LogP contribution in [0.2, 0.25) is 6.82 Å². The molecule has 0 unspecified atom stereocenters. The quantitative estimate of drug-likeness (QED) is 0.376. The number of halogens is 1. The van der Waals surface area contributed by atoms with E-state index in [1.807, 2.05) is 4.48 Å². The lowest BCUT2D eigenvalue weighted by Crippen LogP contribution is -2.17. The zero-order valence-corrected chi connectivity index (χ0v) is 20.5. The first-order valence-corrected chi connectivity index (χ1v) is 11.5. The fraction of sp³-hybridized carbons (Fsp3) is 0.321. The number of benzene rings is 2. The molecule has 0 aliphatic carbocycles. The summed E-state index contributed by atoms with van der Waals surface area (Å²) in [4.78, 5) is 4.84. The number of hydrogen-bond acceptors (Lipinski definition) is 1. The molecule has 2 aromatic carbocycles. The van der Waals surface area contributed by atoms with Crippen molar-refractivity contribution in [3.63, 3.8) is 0 Å². The van der Waals surface area contributed by atoms with Crippen molar-refractivity contribution in [2.75, 3.05) is 0 Å². The highest BCUT2D eigenvalue weighted by molar-refractivity contribution is 6.49. The molecule has 2 nitrogen and oxygen atoms in total. The zero-order chi connectivity index (χ0) is 23.3. The van der Waals surface area contributed by atoms with Crippen molar-refractivity contribution in [2.24, 2.45) is 4.99 Å². The summed E-state index contributed by atoms with van der Waals surface area (Å²) in [5.41, 5.74) is 12.1. The van der Waals surface area contributed by atoms with E-state index in [0.717, 1.165) is 45.6 Å². The minimum atomic E-state index is -1.17. The Labute approximate surface area is 191 Å². The molecule has 4 heteroatoms. The average Bonchev–Trinajstić information content (AvgIpc) is 3.15. The SMILES string of the molecule is CCC1=C(C)/C(=C/c2c3cc(C)c(C)cc3c(-c3cc(C)cc(C)c3)n2B(C)F)N=C1C. The van der Waals surface area contributed by atoms with Crippen LogP contribution in [0, 0.1) is 27.7 Å². The van der Waals surface area contributed by atoms with Crippen LogP contribution >= 0.6 is 0 Å². The molecule has 0 saturated heterocycles. The van der Waals surface area contributed by atoms with Gasteiger partial charge in [0.05, 0.1) is 5.70 Å². The molecular formula is C28H32BFN2. The van der Waals surface area contributed by atoms with E-state index in [0.29, 0.717) is 0 Å². The van der Waals surface area contributed by atoms with Crippen LogP contribution in [0.25, 0.3) is 28.1 Å². The number of allylic oxidation sites excluding steroid dienone is 2. The van der Waals surface area contributed by atoms with Crippen LogP contribution in [-0.4, -0.2) is 17.3 Å². The monoisotopic (exact) mass is 426 g/mol. The summed E-state index contributed by atoms with van der Waals surface area (Å²) < 4.78 is 17.2. The second-order valence-electron chi connectivity index (χ2n) is 9.22. The first kappa shape index (κ1) is 22.3. The van der Waals surface area contributed by atoms with Gasteiger partial charge in [0.25, 0.3) is 0 Å². The number of hydrogen-bond donors (Lipinski definition) is 0. The van der Waals surface area contributed by atoms with Crippen LogP contribution in [0.4, 0.5) is 4.32 Å². The van der Waals surface area contributed by atoms with Gasteiger partial charge in [-0.1, -0.05) is 24.1 Å². The topological polar surface area (TPSA) is 17.3 Å². The number of fused-ring (bicyclic) bond motifs is 1. The Hall–Kier alpha value is -2.88. The highest BCUT2D eigenvalue weighted by Crippen LogP contribution is 2.39. The molecule has 0 saturated carbocycles. The molecule has 1 aromatic heterocycles. The first-order chi connectivity index (χ1) is 15.1. The summed E-state index contributed by atoms with van der Waals surface area (Å²) in [5, 5.41) is 2.16. The normalized spacial score (nSPS) is 15.3. The second kappa shape index (κ2) is 8.24. The van der Waals surface area contributed by atoms with Crippen LogP contribution in [0.15, 0.2) is 52.2 Å². The van der Waals surface area contributed by atoms with Gasteiger partial charge >= 0.3 is 7.12 Å². The summed E-state index contributed by atoms with van der Waals surface area (Å²) in [6, 6.07) is 10.9. The minimum absolute atomic E-state index is 0.885. The third-order valence-corrected chi connectivity index (χ3v) is 6.71. The van der Waals surface area contributed by atoms with Crippen molar-refractivity contribution < 1.29 is 4.32 Å². The molecule has 164 valence electrons. The first-order valence-electron chi connectivity index (χ1n) is 11.5. The molecular weight excluding hydrogens is 394 g/mol. The van der Waals surface area contributed by atoms with E-state index in [1.165, 1.54) is 33.4 Å². The van der Waals surface area contributed by atoms with Gasteiger partial charge in [0.2, 0.25) is 0 Å². The van der Waals surface area contributed by atoms with E-state index in [1.54, 1.807) is 6.82 Å². The molecule has 1 aliphatic rings. The maximum atomic E-state index is 15.4. The molecule has 0 radical (unpaired) electrons. The zero-order valence-electron chi connectivity index (χ0n) is 20.5. The molecule has 0 N–H and O–H groups in total. The fourth-order valence-electron chi connectivity index (χ4n) is 5.08. The maximum absolute atomic E-state index is 15.4. The van der Waals surface area contributed by atoms with E-state index >= 15 is 4.32 Å². The molecule has 3 aromatic rings. The Kier molecular flexibility index (Phi) is 5.75. The van der Waals surface area contributed by atoms with E-state index in [9.17, 15) is 0 Å².